The number of nitrogens with one attached hydrogen (secondary N) is 1. The van der Waals surface area contributed by atoms with Crippen molar-refractivity contribution in [2.75, 3.05) is 5.32 Å². The number of carbonyl (C=O) groups is 1. The molecule has 0 aliphatic heterocycles. The Balaban J connectivity index is 1.98. The summed E-state index contributed by atoms with van der Waals surface area (Å²) in [4.78, 5) is 11.8. The fourth-order valence-electron chi connectivity index (χ4n) is 1.58. The predicted molar refractivity (Wildman–Crippen MR) is 70.6 cm³/mol. The van der Waals surface area contributed by atoms with Crippen LogP contribution in [0.1, 0.15) is 11.1 Å². The van der Waals surface area contributed by atoms with E-state index in [4.69, 9.17) is 11.6 Å². The highest BCUT2D eigenvalue weighted by molar-refractivity contribution is 6.29. The zero-order valence-corrected chi connectivity index (χ0v) is 10.6. The molecule has 0 bridgehead atoms. The van der Waals surface area contributed by atoms with Crippen LogP contribution in [0.5, 0.6) is 0 Å². The van der Waals surface area contributed by atoms with E-state index in [2.05, 4.69) is 15.5 Å². The summed E-state index contributed by atoms with van der Waals surface area (Å²) in [5.74, 6) is 0.272. The molecule has 1 aromatic carbocycles. The van der Waals surface area contributed by atoms with Crippen LogP contribution in [0.4, 0.5) is 5.82 Å². The second-order valence-electron chi connectivity index (χ2n) is 3.96. The Morgan fingerprint density at radius 1 is 1.28 bits per heavy atom. The topological polar surface area (TPSA) is 54.9 Å². The van der Waals surface area contributed by atoms with Crippen LogP contribution in [-0.4, -0.2) is 16.1 Å². The Morgan fingerprint density at radius 3 is 2.78 bits per heavy atom. The maximum absolute atomic E-state index is 11.8. The molecule has 2 rings (SSSR count). The lowest BCUT2D eigenvalue weighted by Gasteiger charge is -2.04. The van der Waals surface area contributed by atoms with Crippen molar-refractivity contribution in [2.24, 2.45) is 0 Å². The number of benzene rings is 1. The SMILES string of the molecule is Cc1cccc(CC(=O)Nc2ccc(Cl)nn2)c1. The summed E-state index contributed by atoms with van der Waals surface area (Å²) in [7, 11) is 0. The Morgan fingerprint density at radius 2 is 2.11 bits per heavy atom. The summed E-state index contributed by atoms with van der Waals surface area (Å²) in [5, 5.41) is 10.4. The molecule has 4 nitrogen and oxygen atoms in total. The average Bonchev–Trinajstić information content (AvgIpc) is 2.32. The number of anilines is 1. The van der Waals surface area contributed by atoms with Gasteiger partial charge >= 0.3 is 0 Å². The van der Waals surface area contributed by atoms with E-state index in [0.717, 1.165) is 11.1 Å². The first-order valence-electron chi connectivity index (χ1n) is 5.48. The third-order valence-corrected chi connectivity index (χ3v) is 2.55. The second kappa shape index (κ2) is 5.60. The Bertz CT molecular complexity index is 554. The van der Waals surface area contributed by atoms with Gasteiger partial charge in [0.15, 0.2) is 11.0 Å². The second-order valence-corrected chi connectivity index (χ2v) is 4.34. The van der Waals surface area contributed by atoms with E-state index < -0.39 is 0 Å². The number of aryl methyl sites for hydroxylation is 1. The van der Waals surface area contributed by atoms with Crippen molar-refractivity contribution >= 4 is 23.3 Å². The maximum Gasteiger partial charge on any atom is 0.229 e. The van der Waals surface area contributed by atoms with E-state index in [9.17, 15) is 4.79 Å². The standard InChI is InChI=1S/C13H12ClN3O/c1-9-3-2-4-10(7-9)8-13(18)15-12-6-5-11(14)16-17-12/h2-7H,8H2,1H3,(H,15,17,18). The molecule has 2 aromatic rings. The Kier molecular flexibility index (Phi) is 3.89. The van der Waals surface area contributed by atoms with Crippen LogP contribution in [0.3, 0.4) is 0 Å². The van der Waals surface area contributed by atoms with Gasteiger partial charge in [-0.15, -0.1) is 10.2 Å². The number of halogens is 1. The smallest absolute Gasteiger partial charge is 0.229 e. The van der Waals surface area contributed by atoms with E-state index in [0.29, 0.717) is 17.4 Å². The minimum atomic E-state index is -0.128. The minimum absolute atomic E-state index is 0.128. The molecule has 1 heterocycles. The highest BCUT2D eigenvalue weighted by Gasteiger charge is 2.05. The first kappa shape index (κ1) is 12.5. The van der Waals surface area contributed by atoms with Gasteiger partial charge in [0, 0.05) is 0 Å². The molecule has 0 spiro atoms. The van der Waals surface area contributed by atoms with Crippen molar-refractivity contribution < 1.29 is 4.79 Å². The minimum Gasteiger partial charge on any atom is -0.309 e. The lowest BCUT2D eigenvalue weighted by atomic mass is 10.1. The summed E-state index contributed by atoms with van der Waals surface area (Å²) in [6.07, 6.45) is 0.311. The molecule has 1 aromatic heterocycles. The quantitative estimate of drug-likeness (QED) is 0.924. The molecule has 0 aliphatic carbocycles. The van der Waals surface area contributed by atoms with Gasteiger partial charge in [-0.3, -0.25) is 4.79 Å². The lowest BCUT2D eigenvalue weighted by Crippen LogP contribution is -2.15. The number of rotatable bonds is 3. The van der Waals surface area contributed by atoms with Crippen molar-refractivity contribution in [1.82, 2.24) is 10.2 Å². The van der Waals surface area contributed by atoms with Gasteiger partial charge in [0.05, 0.1) is 6.42 Å². The van der Waals surface area contributed by atoms with Gasteiger partial charge in [0.2, 0.25) is 5.91 Å². The average molecular weight is 262 g/mol. The van der Waals surface area contributed by atoms with Gasteiger partial charge in [-0.05, 0) is 24.6 Å². The zero-order valence-electron chi connectivity index (χ0n) is 9.85. The molecular weight excluding hydrogens is 250 g/mol. The van der Waals surface area contributed by atoms with Gasteiger partial charge in [-0.1, -0.05) is 41.4 Å². The summed E-state index contributed by atoms with van der Waals surface area (Å²) >= 11 is 5.61. The van der Waals surface area contributed by atoms with Gasteiger partial charge in [-0.25, -0.2) is 0 Å². The first-order valence-corrected chi connectivity index (χ1v) is 5.86. The first-order chi connectivity index (χ1) is 8.63. The molecular formula is C13H12ClN3O. The molecule has 0 unspecified atom stereocenters. The van der Waals surface area contributed by atoms with Crippen LogP contribution in [0, 0.1) is 6.92 Å². The highest BCUT2D eigenvalue weighted by Crippen LogP contribution is 2.08. The Hall–Kier alpha value is -1.94. The highest BCUT2D eigenvalue weighted by atomic mass is 35.5. The van der Waals surface area contributed by atoms with Gasteiger partial charge in [-0.2, -0.15) is 0 Å². The molecule has 18 heavy (non-hydrogen) atoms. The number of hydrogen-bond donors (Lipinski definition) is 1. The van der Waals surface area contributed by atoms with E-state index in [-0.39, 0.29) is 5.91 Å². The zero-order chi connectivity index (χ0) is 13.0. The molecule has 0 fully saturated rings. The Labute approximate surface area is 110 Å². The van der Waals surface area contributed by atoms with Crippen molar-refractivity contribution in [1.29, 1.82) is 0 Å². The normalized spacial score (nSPS) is 10.1. The van der Waals surface area contributed by atoms with Crippen molar-refractivity contribution in [2.45, 2.75) is 13.3 Å². The largest absolute Gasteiger partial charge is 0.309 e. The summed E-state index contributed by atoms with van der Waals surface area (Å²) in [5.41, 5.74) is 2.10. The van der Waals surface area contributed by atoms with E-state index in [1.807, 2.05) is 31.2 Å². The van der Waals surface area contributed by atoms with Crippen LogP contribution in [0.2, 0.25) is 5.15 Å². The predicted octanol–water partition coefficient (Wildman–Crippen LogP) is 2.62. The van der Waals surface area contributed by atoms with Crippen LogP contribution < -0.4 is 5.32 Å². The number of aromatic nitrogens is 2. The third-order valence-electron chi connectivity index (χ3n) is 2.35. The molecule has 0 aliphatic rings. The fraction of sp³-hybridized carbons (Fsp3) is 0.154. The summed E-state index contributed by atoms with van der Waals surface area (Å²) < 4.78 is 0. The number of nitrogens with zero attached hydrogens (tertiary/aromatic N) is 2. The molecule has 0 saturated carbocycles. The van der Waals surface area contributed by atoms with E-state index in [1.54, 1.807) is 12.1 Å². The maximum atomic E-state index is 11.8. The molecule has 0 atom stereocenters. The van der Waals surface area contributed by atoms with Crippen LogP contribution in [0.25, 0.3) is 0 Å². The number of amides is 1. The van der Waals surface area contributed by atoms with Crippen molar-refractivity contribution in [3.05, 3.63) is 52.7 Å². The monoisotopic (exact) mass is 261 g/mol. The molecule has 1 amide bonds. The van der Waals surface area contributed by atoms with Crippen LogP contribution in [0.15, 0.2) is 36.4 Å². The van der Waals surface area contributed by atoms with Gasteiger partial charge in [0.25, 0.3) is 0 Å². The lowest BCUT2D eigenvalue weighted by molar-refractivity contribution is -0.115. The number of carbonyl (C=O) groups excluding carboxylic acids is 1. The third kappa shape index (κ3) is 3.53. The van der Waals surface area contributed by atoms with E-state index >= 15 is 0 Å². The fourth-order valence-corrected chi connectivity index (χ4v) is 1.68. The molecule has 0 radical (unpaired) electrons. The molecule has 1 N–H and O–H groups in total. The summed E-state index contributed by atoms with van der Waals surface area (Å²) in [6, 6.07) is 11.0. The molecule has 0 saturated heterocycles. The van der Waals surface area contributed by atoms with Crippen LogP contribution in [-0.2, 0) is 11.2 Å². The van der Waals surface area contributed by atoms with Crippen LogP contribution >= 0.6 is 11.6 Å². The van der Waals surface area contributed by atoms with Gasteiger partial charge in [0.1, 0.15) is 0 Å². The van der Waals surface area contributed by atoms with Crippen molar-refractivity contribution in [3.8, 4) is 0 Å². The molecule has 92 valence electrons. The summed E-state index contributed by atoms with van der Waals surface area (Å²) in [6.45, 7) is 1.99. The van der Waals surface area contributed by atoms with E-state index in [1.165, 1.54) is 0 Å². The van der Waals surface area contributed by atoms with Crippen molar-refractivity contribution in [3.63, 3.8) is 0 Å². The molecule has 5 heteroatoms. The number of hydrogen-bond acceptors (Lipinski definition) is 3. The van der Waals surface area contributed by atoms with Gasteiger partial charge < -0.3 is 5.32 Å².